The number of benzene rings is 2. The van der Waals surface area contributed by atoms with Crippen molar-refractivity contribution in [2.24, 2.45) is 22.7 Å². The molecule has 4 aliphatic rings. The van der Waals surface area contributed by atoms with Gasteiger partial charge in [-0.2, -0.15) is 0 Å². The van der Waals surface area contributed by atoms with Gasteiger partial charge in [-0.3, -0.25) is 10.4 Å². The minimum Gasteiger partial charge on any atom is -0.733 e. The number of ether oxygens (including phenoxy) is 3. The fourth-order valence-electron chi connectivity index (χ4n) is 8.26. The summed E-state index contributed by atoms with van der Waals surface area (Å²) in [6, 6.07) is 11.3. The zero-order chi connectivity index (χ0) is 31.4. The second kappa shape index (κ2) is 11.1. The van der Waals surface area contributed by atoms with Crippen molar-refractivity contribution in [2.75, 3.05) is 17.1 Å². The Bertz CT molecular complexity index is 1440. The lowest BCUT2D eigenvalue weighted by Crippen LogP contribution is -2.57. The van der Waals surface area contributed by atoms with Crippen LogP contribution in [0, 0.1) is 33.1 Å². The van der Waals surface area contributed by atoms with Gasteiger partial charge in [0.05, 0.1) is 35.2 Å². The molecule has 0 bridgehead atoms. The number of fused-ring (bicyclic) bond motifs is 5. The van der Waals surface area contributed by atoms with Crippen LogP contribution in [0.25, 0.3) is 0 Å². The number of hydrogen-bond acceptors (Lipinski definition) is 11. The summed E-state index contributed by atoms with van der Waals surface area (Å²) in [7, 11) is 0. The van der Waals surface area contributed by atoms with Crippen LogP contribution in [0.2, 0.25) is 0 Å². The normalized spacial score (nSPS) is 34.1. The molecule has 2 aromatic rings. The maximum atomic E-state index is 13.2. The van der Waals surface area contributed by atoms with Crippen molar-refractivity contribution in [3.05, 3.63) is 81.7 Å². The van der Waals surface area contributed by atoms with Gasteiger partial charge in [0.1, 0.15) is 11.7 Å². The second-order valence-electron chi connectivity index (χ2n) is 13.4. The predicted octanol–water partition coefficient (Wildman–Crippen LogP) is 6.17. The predicted molar refractivity (Wildman–Crippen MR) is 160 cm³/mol. The topological polar surface area (TPSA) is 155 Å². The fourth-order valence-corrected chi connectivity index (χ4v) is 8.26. The van der Waals surface area contributed by atoms with Crippen LogP contribution in [0.15, 0.2) is 60.2 Å². The largest absolute Gasteiger partial charge is 0.733 e. The van der Waals surface area contributed by atoms with Crippen molar-refractivity contribution in [1.82, 2.24) is 0 Å². The Hall–Kier alpha value is -3.48. The van der Waals surface area contributed by atoms with Crippen LogP contribution >= 0.6 is 0 Å². The molecule has 2 N–H and O–H groups in total. The summed E-state index contributed by atoms with van der Waals surface area (Å²) in [4.78, 5) is 26.0. The van der Waals surface area contributed by atoms with Crippen LogP contribution in [-0.2, 0) is 14.2 Å². The highest BCUT2D eigenvalue weighted by Gasteiger charge is 2.65. The number of hydrogen-bond donors (Lipinski definition) is 2. The van der Waals surface area contributed by atoms with Crippen LogP contribution in [-0.4, -0.2) is 46.8 Å². The molecule has 0 amide bonds. The molecule has 11 heteroatoms. The number of anilines is 2. The van der Waals surface area contributed by atoms with Gasteiger partial charge < -0.3 is 35.1 Å². The molecular weight excluding hydrogens is 568 g/mol. The minimum atomic E-state index is -0.835. The lowest BCUT2D eigenvalue weighted by molar-refractivity contribution is -0.116. The van der Waals surface area contributed by atoms with Gasteiger partial charge in [-0.25, -0.2) is 9.59 Å². The van der Waals surface area contributed by atoms with E-state index in [1.807, 2.05) is 6.92 Å². The monoisotopic (exact) mass is 606 g/mol. The first-order valence-electron chi connectivity index (χ1n) is 15.1. The van der Waals surface area contributed by atoms with E-state index in [1.165, 1.54) is 54.1 Å². The third-order valence-electron chi connectivity index (χ3n) is 11.1. The van der Waals surface area contributed by atoms with Gasteiger partial charge in [-0.05, 0) is 105 Å². The SMILES string of the molecule is C[C@]12CC[C@H](OC(=O)c3ccc(N([O-])O)cc3)CC1=CC[C@H]1[C@@H]2CC[C@]2(C)[C@H]1OC[C@@]2(C)OC(=O)c1ccc(N([O-])O)cc1. The van der Waals surface area contributed by atoms with Crippen molar-refractivity contribution >= 4 is 23.3 Å². The molecule has 6 rings (SSSR count). The zero-order valence-corrected chi connectivity index (χ0v) is 25.1. The first kappa shape index (κ1) is 30.5. The number of rotatable bonds is 6. The highest BCUT2D eigenvalue weighted by Crippen LogP contribution is 2.64. The molecule has 0 aromatic heterocycles. The van der Waals surface area contributed by atoms with Crippen molar-refractivity contribution in [1.29, 1.82) is 0 Å². The Labute approximate surface area is 256 Å². The van der Waals surface area contributed by atoms with Gasteiger partial charge in [-0.1, -0.05) is 25.5 Å². The summed E-state index contributed by atoms with van der Waals surface area (Å²) in [5, 5.41) is 39.8. The third kappa shape index (κ3) is 5.06. The van der Waals surface area contributed by atoms with E-state index in [4.69, 9.17) is 24.6 Å². The van der Waals surface area contributed by atoms with E-state index in [9.17, 15) is 20.0 Å². The Morgan fingerprint density at radius 1 is 0.886 bits per heavy atom. The standard InChI is InChI=1S/C33H38N2O9/c1-31-16-14-25(43-29(36)20-4-9-23(10-5-20)34(38)39)18-22(31)8-13-26-27(31)15-17-32(2)28(26)42-19-33(32,3)44-30(37)21-6-11-24(12-7-21)35(40)41/h4-12,25-28,38,40H,13-19H2,1-3H3/q-2/t25-,26-,27-,28-,31-,32+,33+/m0/s1. The highest BCUT2D eigenvalue weighted by atomic mass is 16.8. The van der Waals surface area contributed by atoms with Gasteiger partial charge in [0.2, 0.25) is 0 Å². The van der Waals surface area contributed by atoms with Gasteiger partial charge in [0.25, 0.3) is 0 Å². The summed E-state index contributed by atoms with van der Waals surface area (Å²) in [6.45, 7) is 6.74. The molecule has 236 valence electrons. The summed E-state index contributed by atoms with van der Waals surface area (Å²) in [5.41, 5.74) is 0.740. The smallest absolute Gasteiger partial charge is 0.338 e. The maximum Gasteiger partial charge on any atom is 0.338 e. The molecular formula is C33H38N2O9-2. The summed E-state index contributed by atoms with van der Waals surface area (Å²) < 4.78 is 18.5. The minimum absolute atomic E-state index is 0.0271. The summed E-state index contributed by atoms with van der Waals surface area (Å²) >= 11 is 0. The Morgan fingerprint density at radius 3 is 2.07 bits per heavy atom. The molecule has 0 radical (unpaired) electrons. The maximum absolute atomic E-state index is 13.2. The highest BCUT2D eigenvalue weighted by molar-refractivity contribution is 5.90. The summed E-state index contributed by atoms with van der Waals surface area (Å²) in [5.74, 6) is -0.297. The average molecular weight is 607 g/mol. The lowest BCUT2D eigenvalue weighted by atomic mass is 9.48. The quantitative estimate of drug-likeness (QED) is 0.220. The van der Waals surface area contributed by atoms with Crippen LogP contribution in [0.5, 0.6) is 0 Å². The van der Waals surface area contributed by atoms with E-state index in [2.05, 4.69) is 19.9 Å². The van der Waals surface area contributed by atoms with E-state index in [0.29, 0.717) is 30.1 Å². The van der Waals surface area contributed by atoms with E-state index in [1.54, 1.807) is 0 Å². The van der Waals surface area contributed by atoms with Crippen molar-refractivity contribution < 1.29 is 34.2 Å². The second-order valence-corrected chi connectivity index (χ2v) is 13.4. The summed E-state index contributed by atoms with van der Waals surface area (Å²) in [6.07, 6.45) is 6.91. The van der Waals surface area contributed by atoms with E-state index in [-0.39, 0.29) is 50.8 Å². The Balaban J connectivity index is 1.13. The molecule has 1 heterocycles. The number of carbonyl (C=O) groups excluding carboxylic acids is 2. The molecule has 1 aliphatic heterocycles. The molecule has 3 aliphatic carbocycles. The van der Waals surface area contributed by atoms with Gasteiger partial charge in [0, 0.05) is 11.8 Å². The molecule has 3 fully saturated rings. The van der Waals surface area contributed by atoms with Crippen molar-refractivity contribution in [2.45, 2.75) is 77.1 Å². The average Bonchev–Trinajstić information content (AvgIpc) is 3.27. The molecule has 0 unspecified atom stereocenters. The zero-order valence-electron chi connectivity index (χ0n) is 25.1. The van der Waals surface area contributed by atoms with Gasteiger partial charge in [0.15, 0.2) is 0 Å². The van der Waals surface area contributed by atoms with Crippen LogP contribution < -0.4 is 10.5 Å². The molecule has 7 atom stereocenters. The molecule has 11 nitrogen and oxygen atoms in total. The number of carbonyl (C=O) groups is 2. The Kier molecular flexibility index (Phi) is 7.74. The fraction of sp³-hybridized carbons (Fsp3) is 0.515. The molecule has 44 heavy (non-hydrogen) atoms. The van der Waals surface area contributed by atoms with Crippen molar-refractivity contribution in [3.8, 4) is 0 Å². The van der Waals surface area contributed by atoms with Crippen LogP contribution in [0.4, 0.5) is 11.4 Å². The number of esters is 2. The third-order valence-corrected chi connectivity index (χ3v) is 11.1. The van der Waals surface area contributed by atoms with E-state index >= 15 is 0 Å². The van der Waals surface area contributed by atoms with Crippen LogP contribution in [0.1, 0.15) is 80.0 Å². The molecule has 0 spiro atoms. The lowest BCUT2D eigenvalue weighted by Gasteiger charge is -2.57. The molecule has 2 saturated carbocycles. The van der Waals surface area contributed by atoms with E-state index in [0.717, 1.165) is 32.1 Å². The molecule has 2 aromatic carbocycles. The first-order chi connectivity index (χ1) is 20.8. The molecule has 1 saturated heterocycles. The van der Waals surface area contributed by atoms with E-state index < -0.39 is 17.5 Å². The number of allylic oxidation sites excluding steroid dienone is 1. The Morgan fingerprint density at radius 2 is 1.48 bits per heavy atom. The van der Waals surface area contributed by atoms with Crippen molar-refractivity contribution in [3.63, 3.8) is 0 Å². The van der Waals surface area contributed by atoms with Crippen LogP contribution in [0.3, 0.4) is 0 Å². The number of nitrogens with zero attached hydrogens (tertiary/aromatic N) is 2. The van der Waals surface area contributed by atoms with Gasteiger partial charge >= 0.3 is 11.9 Å². The van der Waals surface area contributed by atoms with Gasteiger partial charge in [-0.15, -0.1) is 0 Å². The first-order valence-corrected chi connectivity index (χ1v) is 15.1.